The molecule has 1 aliphatic carbocycles. The van der Waals surface area contributed by atoms with Crippen LogP contribution in [0.15, 0.2) is 47.5 Å². The summed E-state index contributed by atoms with van der Waals surface area (Å²) in [7, 11) is 3.90. The topological polar surface area (TPSA) is 34.1 Å². The molecule has 3 atom stereocenters. The third-order valence-electron chi connectivity index (χ3n) is 3.62. The second kappa shape index (κ2) is 5.67. The summed E-state index contributed by atoms with van der Waals surface area (Å²) in [6.45, 7) is 1.31. The van der Waals surface area contributed by atoms with E-state index in [1.165, 1.54) is 5.56 Å². The predicted octanol–water partition coefficient (Wildman–Crippen LogP) is 2.07. The third-order valence-corrected chi connectivity index (χ3v) is 3.62. The highest BCUT2D eigenvalue weighted by atomic mass is 16.5. The van der Waals surface area contributed by atoms with Crippen molar-refractivity contribution in [2.75, 3.05) is 20.7 Å². The second-order valence-electron chi connectivity index (χ2n) is 5.43. The van der Waals surface area contributed by atoms with Crippen molar-refractivity contribution >= 4 is 6.02 Å². The number of aliphatic imine (C=N–C) groups is 1. The molecule has 0 bridgehead atoms. The standard InChI is InChI=1S/C16H20N2O2/c1-18(2)16-17-14-9-8-13(15(14)20-16)11-19-10-12-6-4-3-5-7-12/h3-9,13-15H,10-11H2,1-2H3/t13-,14?,15-/m0/s1. The molecule has 1 aliphatic heterocycles. The lowest BCUT2D eigenvalue weighted by Crippen LogP contribution is -2.30. The Bertz CT molecular complexity index is 510. The molecule has 4 heteroatoms. The summed E-state index contributed by atoms with van der Waals surface area (Å²) in [4.78, 5) is 6.45. The van der Waals surface area contributed by atoms with E-state index < -0.39 is 0 Å². The fraction of sp³-hybridized carbons (Fsp3) is 0.438. The van der Waals surface area contributed by atoms with Gasteiger partial charge in [-0.3, -0.25) is 0 Å². The largest absolute Gasteiger partial charge is 0.458 e. The van der Waals surface area contributed by atoms with E-state index in [0.29, 0.717) is 13.2 Å². The van der Waals surface area contributed by atoms with Gasteiger partial charge in [0.1, 0.15) is 12.1 Å². The van der Waals surface area contributed by atoms with Crippen molar-refractivity contribution in [3.05, 3.63) is 48.0 Å². The lowest BCUT2D eigenvalue weighted by Gasteiger charge is -2.20. The number of nitrogens with zero attached hydrogens (tertiary/aromatic N) is 2. The molecule has 0 radical (unpaired) electrons. The Hall–Kier alpha value is -1.81. The van der Waals surface area contributed by atoms with E-state index in [1.807, 2.05) is 37.2 Å². The lowest BCUT2D eigenvalue weighted by atomic mass is 10.1. The van der Waals surface area contributed by atoms with Crippen LogP contribution in [-0.4, -0.2) is 43.8 Å². The van der Waals surface area contributed by atoms with Crippen LogP contribution in [0, 0.1) is 5.92 Å². The van der Waals surface area contributed by atoms with Gasteiger partial charge in [0, 0.05) is 20.0 Å². The molecule has 0 spiro atoms. The first-order valence-electron chi connectivity index (χ1n) is 6.96. The highest BCUT2D eigenvalue weighted by Gasteiger charge is 2.39. The fourth-order valence-corrected chi connectivity index (χ4v) is 2.54. The Morgan fingerprint density at radius 1 is 1.20 bits per heavy atom. The van der Waals surface area contributed by atoms with E-state index in [-0.39, 0.29) is 18.1 Å². The number of benzene rings is 1. The minimum atomic E-state index is 0.100. The van der Waals surface area contributed by atoms with Gasteiger partial charge in [-0.25, -0.2) is 4.99 Å². The highest BCUT2D eigenvalue weighted by Crippen LogP contribution is 2.30. The highest BCUT2D eigenvalue weighted by molar-refractivity contribution is 5.76. The van der Waals surface area contributed by atoms with Gasteiger partial charge < -0.3 is 14.4 Å². The summed E-state index contributed by atoms with van der Waals surface area (Å²) in [6, 6.07) is 11.1. The first-order valence-corrected chi connectivity index (χ1v) is 6.96. The van der Waals surface area contributed by atoms with Crippen molar-refractivity contribution in [1.29, 1.82) is 0 Å². The van der Waals surface area contributed by atoms with Crippen LogP contribution in [0.4, 0.5) is 0 Å². The lowest BCUT2D eigenvalue weighted by molar-refractivity contribution is 0.0524. The molecular formula is C16H20N2O2. The Balaban J connectivity index is 1.50. The smallest absolute Gasteiger partial charge is 0.287 e. The van der Waals surface area contributed by atoms with Crippen molar-refractivity contribution in [2.45, 2.75) is 18.8 Å². The van der Waals surface area contributed by atoms with Gasteiger partial charge in [0.15, 0.2) is 0 Å². The van der Waals surface area contributed by atoms with Crippen molar-refractivity contribution < 1.29 is 9.47 Å². The van der Waals surface area contributed by atoms with Crippen molar-refractivity contribution in [1.82, 2.24) is 4.90 Å². The van der Waals surface area contributed by atoms with Gasteiger partial charge >= 0.3 is 0 Å². The summed E-state index contributed by atoms with van der Waals surface area (Å²) in [5.74, 6) is 0.282. The van der Waals surface area contributed by atoms with Gasteiger partial charge in [-0.15, -0.1) is 0 Å². The molecule has 1 aromatic rings. The van der Waals surface area contributed by atoms with Crippen LogP contribution in [0.2, 0.25) is 0 Å². The number of ether oxygens (including phenoxy) is 2. The molecule has 0 saturated heterocycles. The molecule has 0 amide bonds. The minimum absolute atomic E-state index is 0.100. The van der Waals surface area contributed by atoms with Gasteiger partial charge in [-0.1, -0.05) is 42.5 Å². The first kappa shape index (κ1) is 13.2. The van der Waals surface area contributed by atoms with Crippen LogP contribution in [0.25, 0.3) is 0 Å². The summed E-state index contributed by atoms with van der Waals surface area (Å²) < 4.78 is 11.7. The van der Waals surface area contributed by atoms with Crippen LogP contribution in [0.5, 0.6) is 0 Å². The van der Waals surface area contributed by atoms with Gasteiger partial charge in [0.05, 0.1) is 13.2 Å². The van der Waals surface area contributed by atoms with Crippen LogP contribution in [0.1, 0.15) is 5.56 Å². The zero-order valence-corrected chi connectivity index (χ0v) is 11.9. The maximum atomic E-state index is 5.90. The van der Waals surface area contributed by atoms with E-state index in [4.69, 9.17) is 9.47 Å². The molecule has 0 saturated carbocycles. The van der Waals surface area contributed by atoms with Gasteiger partial charge in [-0.2, -0.15) is 0 Å². The molecule has 3 rings (SSSR count). The van der Waals surface area contributed by atoms with Crippen molar-refractivity contribution in [3.8, 4) is 0 Å². The third kappa shape index (κ3) is 2.70. The van der Waals surface area contributed by atoms with Crippen molar-refractivity contribution in [2.24, 2.45) is 10.9 Å². The van der Waals surface area contributed by atoms with Crippen LogP contribution < -0.4 is 0 Å². The van der Waals surface area contributed by atoms with Gasteiger partial charge in [-0.05, 0) is 5.56 Å². The van der Waals surface area contributed by atoms with E-state index in [9.17, 15) is 0 Å². The average molecular weight is 272 g/mol. The van der Waals surface area contributed by atoms with Gasteiger partial charge in [0.25, 0.3) is 6.02 Å². The zero-order valence-electron chi connectivity index (χ0n) is 11.9. The monoisotopic (exact) mass is 272 g/mol. The Kier molecular flexibility index (Phi) is 3.74. The molecule has 1 unspecified atom stereocenters. The molecule has 20 heavy (non-hydrogen) atoms. The summed E-state index contributed by atoms with van der Waals surface area (Å²) in [5.41, 5.74) is 1.20. The SMILES string of the molecule is CN(C)C1=NC2C=C[C@@H](COCc3ccccc3)[C@@H]2O1. The van der Waals surface area contributed by atoms with Gasteiger partial charge in [0.2, 0.25) is 0 Å². The number of hydrogen-bond acceptors (Lipinski definition) is 4. The Morgan fingerprint density at radius 2 is 2.00 bits per heavy atom. The fourth-order valence-electron chi connectivity index (χ4n) is 2.54. The maximum Gasteiger partial charge on any atom is 0.287 e. The van der Waals surface area contributed by atoms with Crippen LogP contribution in [-0.2, 0) is 16.1 Å². The van der Waals surface area contributed by atoms with Crippen LogP contribution in [0.3, 0.4) is 0 Å². The van der Waals surface area contributed by atoms with Crippen LogP contribution >= 0.6 is 0 Å². The molecule has 0 aromatic heterocycles. The summed E-state index contributed by atoms with van der Waals surface area (Å²) in [6.07, 6.45) is 4.39. The number of hydrogen-bond donors (Lipinski definition) is 0. The molecule has 2 aliphatic rings. The molecule has 0 fully saturated rings. The molecule has 106 valence electrons. The Morgan fingerprint density at radius 3 is 2.75 bits per heavy atom. The average Bonchev–Trinajstić information content (AvgIpc) is 3.01. The summed E-state index contributed by atoms with van der Waals surface area (Å²) >= 11 is 0. The van der Waals surface area contributed by atoms with Crippen molar-refractivity contribution in [3.63, 3.8) is 0 Å². The second-order valence-corrected chi connectivity index (χ2v) is 5.43. The zero-order chi connectivity index (χ0) is 13.9. The predicted molar refractivity (Wildman–Crippen MR) is 78.5 cm³/mol. The molecule has 4 nitrogen and oxygen atoms in total. The number of fused-ring (bicyclic) bond motifs is 1. The quantitative estimate of drug-likeness (QED) is 0.787. The normalized spacial score (nSPS) is 27.1. The first-order chi connectivity index (χ1) is 9.74. The molecule has 1 aromatic carbocycles. The number of amidine groups is 1. The number of rotatable bonds is 4. The van der Waals surface area contributed by atoms with E-state index in [1.54, 1.807) is 0 Å². The molecule has 0 N–H and O–H groups in total. The van der Waals surface area contributed by atoms with E-state index in [2.05, 4.69) is 29.3 Å². The van der Waals surface area contributed by atoms with E-state index in [0.717, 1.165) is 6.02 Å². The summed E-state index contributed by atoms with van der Waals surface area (Å²) in [5, 5.41) is 0. The maximum absolute atomic E-state index is 5.90. The molecular weight excluding hydrogens is 252 g/mol. The molecule has 1 heterocycles. The van der Waals surface area contributed by atoms with E-state index >= 15 is 0 Å². The Labute approximate surface area is 119 Å². The minimum Gasteiger partial charge on any atom is -0.458 e.